The first-order valence-corrected chi connectivity index (χ1v) is 11.1. The number of amides is 1. The Bertz CT molecular complexity index is 1170. The summed E-state index contributed by atoms with van der Waals surface area (Å²) in [5, 5.41) is 3.24. The summed E-state index contributed by atoms with van der Waals surface area (Å²) in [6.07, 6.45) is 0.749. The van der Waals surface area contributed by atoms with Crippen LogP contribution in [0.25, 0.3) is 11.0 Å². The van der Waals surface area contributed by atoms with E-state index in [9.17, 15) is 14.4 Å². The molecule has 1 atom stereocenters. The predicted octanol–water partition coefficient (Wildman–Crippen LogP) is 3.91. The van der Waals surface area contributed by atoms with Crippen molar-refractivity contribution in [3.63, 3.8) is 0 Å². The van der Waals surface area contributed by atoms with Gasteiger partial charge in [-0.2, -0.15) is 0 Å². The van der Waals surface area contributed by atoms with Crippen molar-refractivity contribution in [2.24, 2.45) is 0 Å². The fourth-order valence-electron chi connectivity index (χ4n) is 3.16. The van der Waals surface area contributed by atoms with Gasteiger partial charge in [0.25, 0.3) is 5.56 Å². The molecule has 0 unspecified atom stereocenters. The zero-order valence-corrected chi connectivity index (χ0v) is 18.8. The fraction of sp³-hybridized carbons (Fsp3) is 0.364. The molecule has 0 aliphatic heterocycles. The lowest BCUT2D eigenvalue weighted by Gasteiger charge is -2.17. The van der Waals surface area contributed by atoms with Crippen LogP contribution in [0.4, 0.5) is 5.69 Å². The number of H-pyrrole nitrogens is 1. The number of esters is 1. The van der Waals surface area contributed by atoms with Gasteiger partial charge >= 0.3 is 5.97 Å². The monoisotopic (exact) mass is 442 g/mol. The van der Waals surface area contributed by atoms with E-state index in [1.54, 1.807) is 35.8 Å². The quantitative estimate of drug-likeness (QED) is 0.311. The summed E-state index contributed by atoms with van der Waals surface area (Å²) in [4.78, 5) is 45.4. The molecule has 3 aromatic rings. The predicted molar refractivity (Wildman–Crippen MR) is 122 cm³/mol. The largest absolute Gasteiger partial charge is 0.462 e. The minimum absolute atomic E-state index is 0.0367. The third-order valence-electron chi connectivity index (χ3n) is 4.85. The van der Waals surface area contributed by atoms with E-state index in [1.807, 2.05) is 26.8 Å². The van der Waals surface area contributed by atoms with Crippen LogP contribution >= 0.6 is 11.8 Å². The van der Waals surface area contributed by atoms with Crippen molar-refractivity contribution in [1.29, 1.82) is 0 Å². The van der Waals surface area contributed by atoms with Crippen LogP contribution in [0.2, 0.25) is 0 Å². The number of hydrogen-bond acceptors (Lipinski definition) is 6. The van der Waals surface area contributed by atoms with E-state index in [-0.39, 0.29) is 29.9 Å². The van der Waals surface area contributed by atoms with Crippen molar-refractivity contribution in [3.8, 4) is 0 Å². The third kappa shape index (κ3) is 4.99. The van der Waals surface area contributed by atoms with Crippen LogP contribution in [0.5, 0.6) is 0 Å². The number of para-hydroxylation sites is 1. The van der Waals surface area contributed by atoms with Crippen LogP contribution in [0, 0.1) is 6.92 Å². The molecule has 164 valence electrons. The van der Waals surface area contributed by atoms with Gasteiger partial charge in [-0.1, -0.05) is 30.8 Å². The number of carbonyl (C=O) groups is 2. The number of aryl methyl sites for hydroxylation is 1. The molecule has 0 aliphatic rings. The summed E-state index contributed by atoms with van der Waals surface area (Å²) >= 11 is 1.19. The maximum atomic E-state index is 13.0. The van der Waals surface area contributed by atoms with E-state index < -0.39 is 5.97 Å². The first-order valence-electron chi connectivity index (χ1n) is 10.2. The highest BCUT2D eigenvalue weighted by molar-refractivity contribution is 7.99. The van der Waals surface area contributed by atoms with Gasteiger partial charge in [0.05, 0.1) is 29.1 Å². The fourth-order valence-corrected chi connectivity index (χ4v) is 4.06. The van der Waals surface area contributed by atoms with Crippen molar-refractivity contribution in [2.45, 2.75) is 45.3 Å². The van der Waals surface area contributed by atoms with Gasteiger partial charge < -0.3 is 15.0 Å². The van der Waals surface area contributed by atoms with Crippen LogP contribution in [-0.4, -0.2) is 38.8 Å². The number of benzene rings is 1. The minimum atomic E-state index is -0.494. The van der Waals surface area contributed by atoms with Gasteiger partial charge in [-0.25, -0.2) is 9.78 Å². The molecular weight excluding hydrogens is 416 g/mol. The number of aromatic nitrogens is 3. The van der Waals surface area contributed by atoms with E-state index in [1.165, 1.54) is 11.8 Å². The van der Waals surface area contributed by atoms with Gasteiger partial charge in [0.1, 0.15) is 5.52 Å². The van der Waals surface area contributed by atoms with Gasteiger partial charge in [0, 0.05) is 11.7 Å². The van der Waals surface area contributed by atoms with Gasteiger partial charge in [-0.15, -0.1) is 0 Å². The smallest absolute Gasteiger partial charge is 0.340 e. The maximum absolute atomic E-state index is 13.0. The van der Waals surface area contributed by atoms with E-state index in [0.717, 1.165) is 12.1 Å². The van der Waals surface area contributed by atoms with E-state index >= 15 is 0 Å². The molecule has 1 amide bonds. The molecule has 1 aromatic carbocycles. The highest BCUT2D eigenvalue weighted by Gasteiger charge is 2.19. The highest BCUT2D eigenvalue weighted by atomic mass is 32.2. The van der Waals surface area contributed by atoms with Crippen LogP contribution < -0.4 is 10.9 Å². The number of rotatable bonds is 8. The molecule has 0 saturated heterocycles. The number of nitrogens with zero attached hydrogens (tertiary/aromatic N) is 2. The summed E-state index contributed by atoms with van der Waals surface area (Å²) in [5.74, 6) is -0.766. The Morgan fingerprint density at radius 3 is 2.74 bits per heavy atom. The molecule has 0 bridgehead atoms. The number of ether oxygens (including phenoxy) is 1. The van der Waals surface area contributed by atoms with E-state index in [4.69, 9.17) is 4.74 Å². The molecule has 31 heavy (non-hydrogen) atoms. The Morgan fingerprint density at radius 1 is 1.29 bits per heavy atom. The second-order valence-corrected chi connectivity index (χ2v) is 8.08. The Kier molecular flexibility index (Phi) is 7.17. The van der Waals surface area contributed by atoms with E-state index in [0.29, 0.717) is 27.4 Å². The SMILES string of the molecule is CCOC(=O)c1ccccc1NC(=O)CSc1nc2cc(C)[nH]c2c(=O)n1[C@@H](C)CC. The van der Waals surface area contributed by atoms with Gasteiger partial charge in [0.2, 0.25) is 5.91 Å². The molecule has 0 saturated carbocycles. The summed E-state index contributed by atoms with van der Waals surface area (Å²) in [5.41, 5.74) is 2.43. The second-order valence-electron chi connectivity index (χ2n) is 7.14. The topological polar surface area (TPSA) is 106 Å². The maximum Gasteiger partial charge on any atom is 0.340 e. The lowest BCUT2D eigenvalue weighted by molar-refractivity contribution is -0.113. The number of anilines is 1. The normalized spacial score (nSPS) is 12.0. The summed E-state index contributed by atoms with van der Waals surface area (Å²) in [6.45, 7) is 7.79. The Morgan fingerprint density at radius 2 is 2.03 bits per heavy atom. The van der Waals surface area contributed by atoms with Crippen molar-refractivity contribution >= 4 is 40.4 Å². The average Bonchev–Trinajstić information content (AvgIpc) is 3.13. The first-order chi connectivity index (χ1) is 14.8. The second kappa shape index (κ2) is 9.82. The lowest BCUT2D eigenvalue weighted by atomic mass is 10.2. The van der Waals surface area contributed by atoms with Crippen molar-refractivity contribution in [1.82, 2.24) is 14.5 Å². The molecule has 2 aromatic heterocycles. The summed E-state index contributed by atoms with van der Waals surface area (Å²) < 4.78 is 6.67. The van der Waals surface area contributed by atoms with Crippen molar-refractivity contribution in [3.05, 3.63) is 51.9 Å². The molecule has 8 nitrogen and oxygen atoms in total. The average molecular weight is 443 g/mol. The Hall–Kier alpha value is -3.07. The van der Waals surface area contributed by atoms with Crippen molar-refractivity contribution < 1.29 is 14.3 Å². The lowest BCUT2D eigenvalue weighted by Crippen LogP contribution is -2.27. The third-order valence-corrected chi connectivity index (χ3v) is 5.80. The number of aromatic amines is 1. The zero-order valence-electron chi connectivity index (χ0n) is 18.0. The summed E-state index contributed by atoms with van der Waals surface area (Å²) in [7, 11) is 0. The highest BCUT2D eigenvalue weighted by Crippen LogP contribution is 2.23. The molecule has 0 aliphatic carbocycles. The van der Waals surface area contributed by atoms with Crippen LogP contribution in [-0.2, 0) is 9.53 Å². The molecule has 0 fully saturated rings. The zero-order chi connectivity index (χ0) is 22.5. The number of hydrogen-bond donors (Lipinski definition) is 2. The number of carbonyl (C=O) groups excluding carboxylic acids is 2. The molecular formula is C22H26N4O4S. The van der Waals surface area contributed by atoms with Crippen molar-refractivity contribution in [2.75, 3.05) is 17.7 Å². The minimum Gasteiger partial charge on any atom is -0.462 e. The Labute approximate surface area is 184 Å². The number of nitrogens with one attached hydrogen (secondary N) is 2. The molecule has 3 rings (SSSR count). The molecule has 0 spiro atoms. The standard InChI is InChI=1S/C22H26N4O4S/c1-5-14(4)26-20(28)19-17(11-13(3)23-19)25-22(26)31-12-18(27)24-16-10-8-7-9-15(16)21(29)30-6-2/h7-11,14,23H,5-6,12H2,1-4H3,(H,24,27)/t14-/m0/s1. The molecule has 0 radical (unpaired) electrons. The van der Waals surface area contributed by atoms with Crippen LogP contribution in [0.1, 0.15) is 49.3 Å². The van der Waals surface area contributed by atoms with E-state index in [2.05, 4.69) is 15.3 Å². The van der Waals surface area contributed by atoms with Gasteiger partial charge in [0.15, 0.2) is 5.16 Å². The summed E-state index contributed by atoms with van der Waals surface area (Å²) in [6, 6.07) is 8.44. The van der Waals surface area contributed by atoms with Gasteiger partial charge in [-0.05, 0) is 45.4 Å². The number of fused-ring (bicyclic) bond motifs is 1. The Balaban J connectivity index is 1.82. The molecule has 2 heterocycles. The van der Waals surface area contributed by atoms with Gasteiger partial charge in [-0.3, -0.25) is 14.2 Å². The van der Waals surface area contributed by atoms with Crippen LogP contribution in [0.15, 0.2) is 40.3 Å². The number of thioether (sulfide) groups is 1. The molecule has 2 N–H and O–H groups in total. The van der Waals surface area contributed by atoms with Crippen LogP contribution in [0.3, 0.4) is 0 Å². The first kappa shape index (κ1) is 22.6. The molecule has 9 heteroatoms.